The zero-order chi connectivity index (χ0) is 14.9. The first kappa shape index (κ1) is 15.1. The topological polar surface area (TPSA) is 63.5 Å². The van der Waals surface area contributed by atoms with Gasteiger partial charge < -0.3 is 4.90 Å². The van der Waals surface area contributed by atoms with E-state index in [1.54, 1.807) is 30.2 Å². The van der Waals surface area contributed by atoms with Gasteiger partial charge in [0.25, 0.3) is 11.6 Å². The molecule has 2 aromatic rings. The first-order valence-corrected chi connectivity index (χ1v) is 8.10. The van der Waals surface area contributed by atoms with Gasteiger partial charge in [-0.1, -0.05) is 0 Å². The summed E-state index contributed by atoms with van der Waals surface area (Å²) in [6, 6.07) is 3.31. The number of aryl methyl sites for hydroxylation is 1. The van der Waals surface area contributed by atoms with E-state index in [-0.39, 0.29) is 11.6 Å². The lowest BCUT2D eigenvalue weighted by Gasteiger charge is -2.14. The quantitative estimate of drug-likeness (QED) is 0.598. The highest BCUT2D eigenvalue weighted by Crippen LogP contribution is 2.29. The second kappa shape index (κ2) is 6.02. The summed E-state index contributed by atoms with van der Waals surface area (Å²) in [4.78, 5) is 26.2. The summed E-state index contributed by atoms with van der Waals surface area (Å²) in [5.74, 6) is -0.198. The predicted molar refractivity (Wildman–Crippen MR) is 83.5 cm³/mol. The van der Waals surface area contributed by atoms with E-state index in [9.17, 15) is 14.9 Å². The Bertz CT molecular complexity index is 665. The molecule has 0 N–H and O–H groups in total. The molecule has 106 valence electrons. The SMILES string of the molecule is Cc1sc(C(=O)N(C)Cc2cc(Br)cs2)cc1[N+](=O)[O-]. The molecule has 0 aromatic carbocycles. The van der Waals surface area contributed by atoms with E-state index < -0.39 is 4.92 Å². The van der Waals surface area contributed by atoms with Crippen LogP contribution in [-0.2, 0) is 6.54 Å². The molecule has 0 radical (unpaired) electrons. The predicted octanol–water partition coefficient (Wildman–Crippen LogP) is 4.06. The average molecular weight is 375 g/mol. The minimum absolute atomic E-state index is 0.00520. The Hall–Kier alpha value is -1.25. The van der Waals surface area contributed by atoms with Crippen LogP contribution in [0.25, 0.3) is 0 Å². The monoisotopic (exact) mass is 374 g/mol. The van der Waals surface area contributed by atoms with E-state index in [0.29, 0.717) is 16.3 Å². The molecule has 0 saturated heterocycles. The molecule has 0 saturated carbocycles. The van der Waals surface area contributed by atoms with Crippen LogP contribution in [0.5, 0.6) is 0 Å². The van der Waals surface area contributed by atoms with E-state index >= 15 is 0 Å². The van der Waals surface area contributed by atoms with Crippen molar-refractivity contribution in [2.24, 2.45) is 0 Å². The third-order valence-corrected chi connectivity index (χ3v) is 5.37. The zero-order valence-corrected chi connectivity index (χ0v) is 14.0. The summed E-state index contributed by atoms with van der Waals surface area (Å²) in [5, 5.41) is 12.8. The Labute approximate surface area is 132 Å². The highest BCUT2D eigenvalue weighted by Gasteiger charge is 2.22. The molecule has 1 amide bonds. The van der Waals surface area contributed by atoms with E-state index in [0.717, 1.165) is 20.7 Å². The number of nitro groups is 1. The molecule has 2 aromatic heterocycles. The van der Waals surface area contributed by atoms with E-state index in [2.05, 4.69) is 15.9 Å². The third kappa shape index (κ3) is 3.25. The maximum atomic E-state index is 12.3. The van der Waals surface area contributed by atoms with Gasteiger partial charge in [-0.2, -0.15) is 0 Å². The maximum absolute atomic E-state index is 12.3. The maximum Gasteiger partial charge on any atom is 0.283 e. The standard InChI is InChI=1S/C12H11BrN2O3S2/c1-7-10(15(17)18)4-11(20-7)12(16)14(2)5-9-3-8(13)6-19-9/h3-4,6H,5H2,1-2H3. The Balaban J connectivity index is 2.14. The number of thiophene rings is 2. The van der Waals surface area contributed by atoms with Crippen LogP contribution in [-0.4, -0.2) is 22.8 Å². The van der Waals surface area contributed by atoms with Crippen molar-refractivity contribution >= 4 is 50.2 Å². The second-order valence-electron chi connectivity index (χ2n) is 4.20. The summed E-state index contributed by atoms with van der Waals surface area (Å²) >= 11 is 6.08. The van der Waals surface area contributed by atoms with Gasteiger partial charge in [-0.05, 0) is 28.9 Å². The third-order valence-electron chi connectivity index (χ3n) is 2.66. The van der Waals surface area contributed by atoms with Gasteiger partial charge in [0, 0.05) is 27.8 Å². The molecule has 0 fully saturated rings. The van der Waals surface area contributed by atoms with Crippen LogP contribution >= 0.6 is 38.6 Å². The summed E-state index contributed by atoms with van der Waals surface area (Å²) in [7, 11) is 1.69. The van der Waals surface area contributed by atoms with Crippen LogP contribution in [0.2, 0.25) is 0 Å². The Morgan fingerprint density at radius 2 is 2.20 bits per heavy atom. The lowest BCUT2D eigenvalue weighted by atomic mass is 10.3. The molecular weight excluding hydrogens is 364 g/mol. The number of carbonyl (C=O) groups is 1. The number of amides is 1. The molecule has 0 spiro atoms. The van der Waals surface area contributed by atoms with Crippen LogP contribution in [0, 0.1) is 17.0 Å². The van der Waals surface area contributed by atoms with Gasteiger partial charge >= 0.3 is 0 Å². The fraction of sp³-hybridized carbons (Fsp3) is 0.250. The lowest BCUT2D eigenvalue weighted by Crippen LogP contribution is -2.24. The molecular formula is C12H11BrN2O3S2. The number of carbonyl (C=O) groups excluding carboxylic acids is 1. The number of hydrogen-bond acceptors (Lipinski definition) is 5. The van der Waals surface area contributed by atoms with Crippen LogP contribution in [0.4, 0.5) is 5.69 Å². The van der Waals surface area contributed by atoms with Crippen molar-refractivity contribution in [3.63, 3.8) is 0 Å². The summed E-state index contributed by atoms with van der Waals surface area (Å²) in [6.07, 6.45) is 0. The molecule has 0 unspecified atom stereocenters. The molecule has 0 aliphatic rings. The highest BCUT2D eigenvalue weighted by molar-refractivity contribution is 9.10. The largest absolute Gasteiger partial charge is 0.336 e. The smallest absolute Gasteiger partial charge is 0.283 e. The minimum atomic E-state index is -0.459. The molecule has 0 aliphatic heterocycles. The van der Waals surface area contributed by atoms with E-state index in [1.807, 2.05) is 11.4 Å². The van der Waals surface area contributed by atoms with Crippen LogP contribution in [0.1, 0.15) is 19.4 Å². The molecule has 2 rings (SSSR count). The van der Waals surface area contributed by atoms with Crippen molar-refractivity contribution < 1.29 is 9.72 Å². The van der Waals surface area contributed by atoms with Gasteiger partial charge in [0.05, 0.1) is 21.2 Å². The first-order chi connectivity index (χ1) is 9.38. The minimum Gasteiger partial charge on any atom is -0.336 e. The van der Waals surface area contributed by atoms with Crippen molar-refractivity contribution in [3.05, 3.63) is 46.7 Å². The van der Waals surface area contributed by atoms with Gasteiger partial charge in [0.1, 0.15) is 0 Å². The van der Waals surface area contributed by atoms with Crippen molar-refractivity contribution in [2.45, 2.75) is 13.5 Å². The summed E-state index contributed by atoms with van der Waals surface area (Å²) < 4.78 is 0.987. The number of rotatable bonds is 4. The second-order valence-corrected chi connectivity index (χ2v) is 7.37. The molecule has 20 heavy (non-hydrogen) atoms. The fourth-order valence-electron chi connectivity index (χ4n) is 1.69. The van der Waals surface area contributed by atoms with Crippen LogP contribution < -0.4 is 0 Å². The van der Waals surface area contributed by atoms with Gasteiger partial charge in [0.2, 0.25) is 0 Å². The number of halogens is 1. The van der Waals surface area contributed by atoms with Crippen molar-refractivity contribution in [1.82, 2.24) is 4.90 Å². The Morgan fingerprint density at radius 3 is 2.70 bits per heavy atom. The molecule has 2 heterocycles. The van der Waals surface area contributed by atoms with Crippen LogP contribution in [0.15, 0.2) is 22.0 Å². The Kier molecular flexibility index (Phi) is 4.56. The lowest BCUT2D eigenvalue weighted by molar-refractivity contribution is -0.385. The Morgan fingerprint density at radius 1 is 1.50 bits per heavy atom. The van der Waals surface area contributed by atoms with Crippen molar-refractivity contribution in [1.29, 1.82) is 0 Å². The van der Waals surface area contributed by atoms with Gasteiger partial charge in [0.15, 0.2) is 0 Å². The zero-order valence-electron chi connectivity index (χ0n) is 10.8. The summed E-state index contributed by atoms with van der Waals surface area (Å²) in [5.41, 5.74) is 0.00520. The fourth-order valence-corrected chi connectivity index (χ4v) is 4.17. The molecule has 0 aliphatic carbocycles. The van der Waals surface area contributed by atoms with Gasteiger partial charge in [-0.15, -0.1) is 22.7 Å². The average Bonchev–Trinajstić information content (AvgIpc) is 2.94. The molecule has 0 bridgehead atoms. The number of nitrogens with zero attached hydrogens (tertiary/aromatic N) is 2. The van der Waals surface area contributed by atoms with Crippen molar-refractivity contribution in [3.8, 4) is 0 Å². The number of hydrogen-bond donors (Lipinski definition) is 0. The first-order valence-electron chi connectivity index (χ1n) is 5.61. The normalized spacial score (nSPS) is 10.6. The van der Waals surface area contributed by atoms with E-state index in [1.165, 1.54) is 6.07 Å². The molecule has 8 heteroatoms. The summed E-state index contributed by atoms with van der Waals surface area (Å²) in [6.45, 7) is 2.13. The highest BCUT2D eigenvalue weighted by atomic mass is 79.9. The molecule has 5 nitrogen and oxygen atoms in total. The van der Waals surface area contributed by atoms with Gasteiger partial charge in [-0.25, -0.2) is 0 Å². The van der Waals surface area contributed by atoms with Crippen molar-refractivity contribution in [2.75, 3.05) is 7.05 Å². The van der Waals surface area contributed by atoms with Gasteiger partial charge in [-0.3, -0.25) is 14.9 Å². The molecule has 0 atom stereocenters. The van der Waals surface area contributed by atoms with E-state index in [4.69, 9.17) is 0 Å². The van der Waals surface area contributed by atoms with Crippen LogP contribution in [0.3, 0.4) is 0 Å².